The third-order valence-electron chi connectivity index (χ3n) is 4.91. The highest BCUT2D eigenvalue weighted by Crippen LogP contribution is 2.34. The Kier molecular flexibility index (Phi) is 5.63. The number of anilines is 1. The number of benzene rings is 1. The van der Waals surface area contributed by atoms with E-state index < -0.39 is 27.3 Å². The fourth-order valence-electron chi connectivity index (χ4n) is 3.47. The summed E-state index contributed by atoms with van der Waals surface area (Å²) in [7, 11) is -1.26. The zero-order valence-corrected chi connectivity index (χ0v) is 16.9. The average Bonchev–Trinajstić information content (AvgIpc) is 3.18. The van der Waals surface area contributed by atoms with Crippen LogP contribution in [0.25, 0.3) is 0 Å². The normalized spacial score (nSPS) is 14.6. The number of aldehydes is 1. The van der Waals surface area contributed by atoms with Gasteiger partial charge in [-0.25, -0.2) is 4.98 Å². The van der Waals surface area contributed by atoms with Gasteiger partial charge in [0.2, 0.25) is 0 Å². The Labute approximate surface area is 179 Å². The topological polar surface area (TPSA) is 123 Å². The van der Waals surface area contributed by atoms with Crippen LogP contribution in [0.5, 0.6) is 0 Å². The molecule has 0 radical (unpaired) electrons. The number of fused-ring (bicyclic) bond motifs is 1. The number of hydrogen-bond acceptors (Lipinski definition) is 7. The van der Waals surface area contributed by atoms with E-state index in [9.17, 15) is 23.9 Å². The Balaban J connectivity index is 1.82. The lowest BCUT2D eigenvalue weighted by molar-refractivity contribution is -0.385. The molecule has 1 amide bonds. The number of nitro groups is 1. The summed E-state index contributed by atoms with van der Waals surface area (Å²) in [5.41, 5.74) is 1.32. The van der Waals surface area contributed by atoms with Gasteiger partial charge in [-0.1, -0.05) is 12.1 Å². The number of nitrogens with zero attached hydrogens (tertiary/aromatic N) is 4. The maximum atomic E-state index is 13.4. The predicted molar refractivity (Wildman–Crippen MR) is 112 cm³/mol. The molecule has 3 heterocycles. The lowest BCUT2D eigenvalue weighted by Crippen LogP contribution is -2.31. The first-order valence-electron chi connectivity index (χ1n) is 9.30. The van der Waals surface area contributed by atoms with Gasteiger partial charge < -0.3 is 4.90 Å². The molecule has 4 rings (SSSR count). The SMILES string of the molecule is O=Cc1ncc(CN(C(=O)c2cccnc2)c2cccc3c2S(=O)CC3)cc1[N+](=O)[O-]. The quantitative estimate of drug-likeness (QED) is 0.331. The Morgan fingerprint density at radius 1 is 1.26 bits per heavy atom. The largest absolute Gasteiger partial charge is 0.303 e. The summed E-state index contributed by atoms with van der Waals surface area (Å²) in [6, 6.07) is 9.83. The van der Waals surface area contributed by atoms with Gasteiger partial charge in [0, 0.05) is 30.4 Å². The minimum absolute atomic E-state index is 0.0612. The van der Waals surface area contributed by atoms with E-state index in [2.05, 4.69) is 9.97 Å². The molecule has 0 N–H and O–H groups in total. The maximum Gasteiger partial charge on any atom is 0.298 e. The highest BCUT2D eigenvalue weighted by Gasteiger charge is 2.28. The van der Waals surface area contributed by atoms with E-state index in [-0.39, 0.29) is 12.2 Å². The molecule has 0 fully saturated rings. The van der Waals surface area contributed by atoms with Crippen LogP contribution in [-0.4, -0.2) is 37.0 Å². The molecule has 0 saturated carbocycles. The summed E-state index contributed by atoms with van der Waals surface area (Å²) in [4.78, 5) is 44.9. The van der Waals surface area contributed by atoms with Crippen LogP contribution in [0.15, 0.2) is 59.9 Å². The molecule has 3 aromatic rings. The summed E-state index contributed by atoms with van der Waals surface area (Å²) in [5, 5.41) is 11.3. The Morgan fingerprint density at radius 2 is 2.10 bits per heavy atom. The second-order valence-electron chi connectivity index (χ2n) is 6.82. The van der Waals surface area contributed by atoms with Crippen molar-refractivity contribution in [2.75, 3.05) is 10.7 Å². The predicted octanol–water partition coefficient (Wildman–Crippen LogP) is 2.71. The summed E-state index contributed by atoms with van der Waals surface area (Å²) >= 11 is 0. The first-order chi connectivity index (χ1) is 15.0. The number of rotatable bonds is 6. The van der Waals surface area contributed by atoms with Crippen LogP contribution in [0.3, 0.4) is 0 Å². The molecule has 10 heteroatoms. The minimum Gasteiger partial charge on any atom is -0.303 e. The molecule has 1 atom stereocenters. The Hall–Kier alpha value is -3.79. The number of carbonyl (C=O) groups is 2. The fraction of sp³-hybridized carbons (Fsp3) is 0.143. The summed E-state index contributed by atoms with van der Waals surface area (Å²) in [6.45, 7) is -0.0612. The highest BCUT2D eigenvalue weighted by molar-refractivity contribution is 7.85. The number of carbonyl (C=O) groups excluding carboxylic acids is 2. The molecule has 0 aliphatic carbocycles. The second-order valence-corrected chi connectivity index (χ2v) is 8.33. The van der Waals surface area contributed by atoms with Crippen LogP contribution in [0.1, 0.15) is 32.0 Å². The van der Waals surface area contributed by atoms with E-state index in [0.717, 1.165) is 5.56 Å². The molecular weight excluding hydrogens is 420 g/mol. The molecule has 0 saturated heterocycles. The molecule has 31 heavy (non-hydrogen) atoms. The standard InChI is InChI=1S/C21H16N4O5S/c26-13-17-19(25(28)29)9-14(10-23-17)12-24(21(27)16-4-2-7-22-11-16)18-5-1-3-15-6-8-31(30)20(15)18/h1-5,7,9-11,13H,6,8,12H2. The molecule has 1 unspecified atom stereocenters. The van der Waals surface area contributed by atoms with Gasteiger partial charge in [-0.3, -0.25) is 28.9 Å². The van der Waals surface area contributed by atoms with Crippen molar-refractivity contribution >= 4 is 34.4 Å². The van der Waals surface area contributed by atoms with Gasteiger partial charge in [-0.15, -0.1) is 0 Å². The van der Waals surface area contributed by atoms with Crippen LogP contribution >= 0.6 is 0 Å². The van der Waals surface area contributed by atoms with Gasteiger partial charge in [0.1, 0.15) is 0 Å². The van der Waals surface area contributed by atoms with Crippen molar-refractivity contribution in [3.8, 4) is 0 Å². The number of pyridine rings is 2. The zero-order valence-electron chi connectivity index (χ0n) is 16.1. The monoisotopic (exact) mass is 436 g/mol. The first-order valence-corrected chi connectivity index (χ1v) is 10.6. The number of aromatic nitrogens is 2. The Morgan fingerprint density at radius 3 is 2.81 bits per heavy atom. The lowest BCUT2D eigenvalue weighted by Gasteiger charge is -2.25. The van der Waals surface area contributed by atoms with Crippen molar-refractivity contribution in [2.45, 2.75) is 17.9 Å². The van der Waals surface area contributed by atoms with Crippen molar-refractivity contribution in [2.24, 2.45) is 0 Å². The van der Waals surface area contributed by atoms with Crippen molar-refractivity contribution in [3.63, 3.8) is 0 Å². The first kappa shape index (κ1) is 20.5. The summed E-state index contributed by atoms with van der Waals surface area (Å²) in [5.74, 6) is 0.0787. The van der Waals surface area contributed by atoms with Gasteiger partial charge in [0.15, 0.2) is 12.0 Å². The zero-order chi connectivity index (χ0) is 22.0. The maximum absolute atomic E-state index is 13.4. The molecular formula is C21H16N4O5S. The summed E-state index contributed by atoms with van der Waals surface area (Å²) < 4.78 is 12.6. The van der Waals surface area contributed by atoms with Crippen molar-refractivity contribution in [3.05, 3.63) is 87.5 Å². The molecule has 2 aromatic heterocycles. The average molecular weight is 436 g/mol. The molecule has 156 valence electrons. The van der Waals surface area contributed by atoms with Gasteiger partial charge in [-0.2, -0.15) is 0 Å². The lowest BCUT2D eigenvalue weighted by atomic mass is 10.1. The van der Waals surface area contributed by atoms with Crippen LogP contribution in [0, 0.1) is 10.1 Å². The minimum atomic E-state index is -1.26. The molecule has 0 bridgehead atoms. The molecule has 9 nitrogen and oxygen atoms in total. The van der Waals surface area contributed by atoms with Gasteiger partial charge in [0.05, 0.1) is 38.4 Å². The van der Waals surface area contributed by atoms with Crippen molar-refractivity contribution in [1.82, 2.24) is 9.97 Å². The third-order valence-corrected chi connectivity index (χ3v) is 6.41. The number of hydrogen-bond donors (Lipinski definition) is 0. The van der Waals surface area contributed by atoms with E-state index in [4.69, 9.17) is 0 Å². The van der Waals surface area contributed by atoms with E-state index >= 15 is 0 Å². The van der Waals surface area contributed by atoms with E-state index in [1.54, 1.807) is 30.5 Å². The Bertz CT molecular complexity index is 1220. The summed E-state index contributed by atoms with van der Waals surface area (Å²) in [6.07, 6.45) is 5.24. The van der Waals surface area contributed by atoms with Gasteiger partial charge in [-0.05, 0) is 35.7 Å². The van der Waals surface area contributed by atoms with E-state index in [1.165, 1.54) is 23.4 Å². The smallest absolute Gasteiger partial charge is 0.298 e. The van der Waals surface area contributed by atoms with Crippen molar-refractivity contribution < 1.29 is 18.7 Å². The van der Waals surface area contributed by atoms with E-state index in [0.29, 0.717) is 40.2 Å². The molecule has 1 aromatic carbocycles. The third kappa shape index (κ3) is 3.97. The number of aryl methyl sites for hydroxylation is 1. The van der Waals surface area contributed by atoms with Crippen LogP contribution in [0.4, 0.5) is 11.4 Å². The highest BCUT2D eigenvalue weighted by atomic mass is 32.2. The molecule has 1 aliphatic heterocycles. The molecule has 1 aliphatic rings. The molecule has 0 spiro atoms. The van der Waals surface area contributed by atoms with Crippen LogP contribution in [-0.2, 0) is 23.8 Å². The fourth-order valence-corrected chi connectivity index (χ4v) is 4.95. The van der Waals surface area contributed by atoms with Crippen LogP contribution < -0.4 is 4.90 Å². The van der Waals surface area contributed by atoms with Gasteiger partial charge >= 0.3 is 0 Å². The second kappa shape index (κ2) is 8.52. The van der Waals surface area contributed by atoms with E-state index in [1.807, 2.05) is 6.07 Å². The van der Waals surface area contributed by atoms with Crippen molar-refractivity contribution in [1.29, 1.82) is 0 Å². The number of amides is 1. The van der Waals surface area contributed by atoms with Crippen LogP contribution in [0.2, 0.25) is 0 Å². The van der Waals surface area contributed by atoms with Gasteiger partial charge in [0.25, 0.3) is 11.6 Å².